The van der Waals surface area contributed by atoms with E-state index in [2.05, 4.69) is 56.8 Å². The summed E-state index contributed by atoms with van der Waals surface area (Å²) in [4.78, 5) is 4.37. The minimum atomic E-state index is 0.758. The number of ether oxygens (including phenoxy) is 1. The molecule has 108 valence electrons. The van der Waals surface area contributed by atoms with Crippen molar-refractivity contribution in [1.82, 2.24) is 9.55 Å². The zero-order valence-electron chi connectivity index (χ0n) is 12.1. The van der Waals surface area contributed by atoms with E-state index in [4.69, 9.17) is 4.74 Å². The Hall–Kier alpha value is -1.33. The van der Waals surface area contributed by atoms with Crippen LogP contribution in [0.3, 0.4) is 0 Å². The van der Waals surface area contributed by atoms with Gasteiger partial charge in [-0.25, -0.2) is 4.98 Å². The summed E-state index contributed by atoms with van der Waals surface area (Å²) in [6, 6.07) is 4.23. The van der Waals surface area contributed by atoms with Crippen LogP contribution in [0.1, 0.15) is 17.5 Å². The zero-order chi connectivity index (χ0) is 14.5. The molecule has 1 heterocycles. The van der Waals surface area contributed by atoms with Crippen molar-refractivity contribution < 1.29 is 4.74 Å². The van der Waals surface area contributed by atoms with E-state index in [1.807, 2.05) is 12.4 Å². The van der Waals surface area contributed by atoms with E-state index >= 15 is 0 Å². The van der Waals surface area contributed by atoms with Gasteiger partial charge in [0.2, 0.25) is 5.95 Å². The quantitative estimate of drug-likeness (QED) is 0.808. The third-order valence-corrected chi connectivity index (χ3v) is 4.41. The number of imidazole rings is 1. The van der Waals surface area contributed by atoms with Crippen LogP contribution in [0.4, 0.5) is 11.6 Å². The fourth-order valence-electron chi connectivity index (χ4n) is 2.14. The number of nitrogens with one attached hydrogen (secondary N) is 1. The molecule has 0 aliphatic heterocycles. The van der Waals surface area contributed by atoms with Crippen LogP contribution in [-0.2, 0) is 11.3 Å². The Kier molecular flexibility index (Phi) is 5.20. The van der Waals surface area contributed by atoms with E-state index in [0.717, 1.165) is 35.7 Å². The summed E-state index contributed by atoms with van der Waals surface area (Å²) in [5.74, 6) is 0.863. The highest BCUT2D eigenvalue weighted by Crippen LogP contribution is 2.26. The average Bonchev–Trinajstić information content (AvgIpc) is 2.84. The highest BCUT2D eigenvalue weighted by molar-refractivity contribution is 9.10. The van der Waals surface area contributed by atoms with Gasteiger partial charge >= 0.3 is 0 Å². The molecule has 1 aromatic heterocycles. The lowest BCUT2D eigenvalue weighted by Gasteiger charge is -2.12. The van der Waals surface area contributed by atoms with Crippen molar-refractivity contribution >= 4 is 27.6 Å². The number of methoxy groups -OCH3 is 1. The van der Waals surface area contributed by atoms with Crippen molar-refractivity contribution in [3.8, 4) is 0 Å². The molecule has 0 atom stereocenters. The third-order valence-electron chi connectivity index (χ3n) is 3.16. The van der Waals surface area contributed by atoms with Crippen LogP contribution < -0.4 is 5.32 Å². The molecular formula is C15H20BrN3O. The Balaban J connectivity index is 2.12. The molecule has 0 radical (unpaired) electrons. The molecule has 1 aromatic carbocycles. The molecule has 4 nitrogen and oxygen atoms in total. The Morgan fingerprint density at radius 3 is 2.65 bits per heavy atom. The van der Waals surface area contributed by atoms with Gasteiger partial charge in [0.15, 0.2) is 0 Å². The molecule has 0 fully saturated rings. The summed E-state index contributed by atoms with van der Waals surface area (Å²) in [5, 5.41) is 3.38. The molecule has 0 spiro atoms. The second-order valence-corrected chi connectivity index (χ2v) is 5.63. The second-order valence-electron chi connectivity index (χ2n) is 4.84. The van der Waals surface area contributed by atoms with Crippen molar-refractivity contribution in [3.05, 3.63) is 40.1 Å². The number of nitrogens with zero attached hydrogens (tertiary/aromatic N) is 2. The van der Waals surface area contributed by atoms with E-state index < -0.39 is 0 Å². The van der Waals surface area contributed by atoms with Crippen LogP contribution in [0.5, 0.6) is 0 Å². The molecule has 2 aromatic rings. The van der Waals surface area contributed by atoms with Gasteiger partial charge in [0.25, 0.3) is 0 Å². The molecule has 0 aliphatic rings. The number of hydrogen-bond acceptors (Lipinski definition) is 3. The van der Waals surface area contributed by atoms with Gasteiger partial charge in [-0.3, -0.25) is 0 Å². The van der Waals surface area contributed by atoms with Crippen molar-refractivity contribution in [3.63, 3.8) is 0 Å². The Bertz CT molecular complexity index is 557. The Morgan fingerprint density at radius 2 is 2.00 bits per heavy atom. The topological polar surface area (TPSA) is 39.1 Å². The fourth-order valence-corrected chi connectivity index (χ4v) is 2.37. The summed E-state index contributed by atoms with van der Waals surface area (Å²) in [5.41, 5.74) is 3.48. The second kappa shape index (κ2) is 6.90. The van der Waals surface area contributed by atoms with Crippen LogP contribution in [0.15, 0.2) is 29.0 Å². The van der Waals surface area contributed by atoms with Crippen LogP contribution in [-0.4, -0.2) is 23.3 Å². The van der Waals surface area contributed by atoms with E-state index in [1.165, 1.54) is 11.1 Å². The van der Waals surface area contributed by atoms with Crippen LogP contribution in [0.25, 0.3) is 0 Å². The van der Waals surface area contributed by atoms with Crippen molar-refractivity contribution in [2.75, 3.05) is 19.0 Å². The highest BCUT2D eigenvalue weighted by Gasteiger charge is 2.06. The molecular weight excluding hydrogens is 318 g/mol. The summed E-state index contributed by atoms with van der Waals surface area (Å²) in [7, 11) is 1.72. The van der Waals surface area contributed by atoms with Gasteiger partial charge in [0.05, 0.1) is 0 Å². The minimum absolute atomic E-state index is 0.758. The number of aryl methyl sites for hydroxylation is 3. The number of benzene rings is 1. The minimum Gasteiger partial charge on any atom is -0.385 e. The molecule has 0 saturated carbocycles. The van der Waals surface area contributed by atoms with Crippen LogP contribution >= 0.6 is 15.9 Å². The third kappa shape index (κ3) is 3.61. The predicted octanol–water partition coefficient (Wildman–Crippen LogP) is 4.04. The van der Waals surface area contributed by atoms with Crippen LogP contribution in [0.2, 0.25) is 0 Å². The SMILES string of the molecule is COCCCn1ccnc1Nc1cc(C)c(Br)c(C)c1. The monoisotopic (exact) mass is 337 g/mol. The number of halogens is 1. The van der Waals surface area contributed by atoms with Gasteiger partial charge in [-0.05, 0) is 43.5 Å². The average molecular weight is 338 g/mol. The molecule has 2 rings (SSSR count). The van der Waals surface area contributed by atoms with Crippen molar-refractivity contribution in [2.24, 2.45) is 0 Å². The van der Waals surface area contributed by atoms with Crippen LogP contribution in [0, 0.1) is 13.8 Å². The standard InChI is InChI=1S/C15H20BrN3O/c1-11-9-13(10-12(2)14(11)16)18-15-17-5-7-19(15)6-4-8-20-3/h5,7,9-10H,4,6,8H2,1-3H3,(H,17,18). The van der Waals surface area contributed by atoms with Gasteiger partial charge in [-0.15, -0.1) is 0 Å². The summed E-state index contributed by atoms with van der Waals surface area (Å²) >= 11 is 3.59. The summed E-state index contributed by atoms with van der Waals surface area (Å²) in [6.07, 6.45) is 4.77. The zero-order valence-corrected chi connectivity index (χ0v) is 13.7. The molecule has 0 unspecified atom stereocenters. The lowest BCUT2D eigenvalue weighted by atomic mass is 10.1. The smallest absolute Gasteiger partial charge is 0.207 e. The van der Waals surface area contributed by atoms with Crippen molar-refractivity contribution in [2.45, 2.75) is 26.8 Å². The van der Waals surface area contributed by atoms with Gasteiger partial charge in [0, 0.05) is 42.8 Å². The summed E-state index contributed by atoms with van der Waals surface area (Å²) < 4.78 is 8.35. The maximum absolute atomic E-state index is 5.08. The van der Waals surface area contributed by atoms with E-state index in [-0.39, 0.29) is 0 Å². The Morgan fingerprint density at radius 1 is 1.30 bits per heavy atom. The first-order chi connectivity index (χ1) is 9.61. The summed E-state index contributed by atoms with van der Waals surface area (Å²) in [6.45, 7) is 5.83. The first kappa shape index (κ1) is 15.1. The molecule has 1 N–H and O–H groups in total. The molecule has 5 heteroatoms. The number of rotatable bonds is 6. The van der Waals surface area contributed by atoms with E-state index in [0.29, 0.717) is 0 Å². The normalized spacial score (nSPS) is 10.8. The first-order valence-corrected chi connectivity index (χ1v) is 7.45. The molecule has 20 heavy (non-hydrogen) atoms. The predicted molar refractivity (Wildman–Crippen MR) is 85.6 cm³/mol. The highest BCUT2D eigenvalue weighted by atomic mass is 79.9. The lowest BCUT2D eigenvalue weighted by molar-refractivity contribution is 0.190. The molecule has 0 saturated heterocycles. The van der Waals surface area contributed by atoms with Gasteiger partial charge < -0.3 is 14.6 Å². The Labute approximate surface area is 128 Å². The largest absolute Gasteiger partial charge is 0.385 e. The molecule has 0 bridgehead atoms. The molecule has 0 aliphatic carbocycles. The van der Waals surface area contributed by atoms with E-state index in [1.54, 1.807) is 7.11 Å². The maximum Gasteiger partial charge on any atom is 0.207 e. The van der Waals surface area contributed by atoms with Gasteiger partial charge in [0.1, 0.15) is 0 Å². The number of hydrogen-bond donors (Lipinski definition) is 1. The van der Waals surface area contributed by atoms with Crippen molar-refractivity contribution in [1.29, 1.82) is 0 Å². The van der Waals surface area contributed by atoms with E-state index in [9.17, 15) is 0 Å². The van der Waals surface area contributed by atoms with Gasteiger partial charge in [-0.2, -0.15) is 0 Å². The first-order valence-electron chi connectivity index (χ1n) is 6.65. The lowest BCUT2D eigenvalue weighted by Crippen LogP contribution is -2.05. The number of anilines is 2. The fraction of sp³-hybridized carbons (Fsp3) is 0.400. The van der Waals surface area contributed by atoms with Gasteiger partial charge in [-0.1, -0.05) is 15.9 Å². The maximum atomic E-state index is 5.08. The molecule has 0 amide bonds. The number of aromatic nitrogens is 2.